The van der Waals surface area contributed by atoms with Gasteiger partial charge >= 0.3 is 0 Å². The molecular weight excluding hydrogens is 220 g/mol. The number of aliphatic hydroxyl groups excluding tert-OH is 1. The maximum atomic E-state index is 8.55. The van der Waals surface area contributed by atoms with E-state index in [4.69, 9.17) is 9.84 Å². The van der Waals surface area contributed by atoms with E-state index in [0.717, 1.165) is 23.7 Å². The topological polar surface area (TPSA) is 79.3 Å². The average molecular weight is 240 g/mol. The van der Waals surface area contributed by atoms with Crippen molar-refractivity contribution >= 4 is 11.6 Å². The van der Waals surface area contributed by atoms with Crippen LogP contribution in [-0.2, 0) is 4.74 Å². The van der Waals surface area contributed by atoms with Crippen LogP contribution in [0, 0.1) is 6.92 Å². The number of nitrogens with one attached hydrogen (secondary N) is 2. The summed E-state index contributed by atoms with van der Waals surface area (Å²) in [6, 6.07) is 0. The highest BCUT2D eigenvalue weighted by Crippen LogP contribution is 2.17. The Morgan fingerprint density at radius 3 is 2.59 bits per heavy atom. The van der Waals surface area contributed by atoms with Crippen LogP contribution in [0.25, 0.3) is 0 Å². The van der Waals surface area contributed by atoms with Gasteiger partial charge in [0.15, 0.2) is 0 Å². The SMILES string of the molecule is CCNc1ncnc(NCCOCCO)c1C. The second kappa shape index (κ2) is 7.81. The van der Waals surface area contributed by atoms with Crippen LogP contribution < -0.4 is 10.6 Å². The highest BCUT2D eigenvalue weighted by Gasteiger charge is 2.04. The summed E-state index contributed by atoms with van der Waals surface area (Å²) < 4.78 is 5.15. The van der Waals surface area contributed by atoms with E-state index < -0.39 is 0 Å². The molecule has 0 unspecified atom stereocenters. The predicted molar refractivity (Wildman–Crippen MR) is 67.3 cm³/mol. The van der Waals surface area contributed by atoms with E-state index in [1.165, 1.54) is 6.33 Å². The Labute approximate surface area is 101 Å². The van der Waals surface area contributed by atoms with Gasteiger partial charge in [-0.25, -0.2) is 9.97 Å². The lowest BCUT2D eigenvalue weighted by Crippen LogP contribution is -2.14. The number of anilines is 2. The molecule has 0 aromatic carbocycles. The Kier molecular flexibility index (Phi) is 6.27. The van der Waals surface area contributed by atoms with Crippen molar-refractivity contribution in [2.24, 2.45) is 0 Å². The number of aromatic nitrogens is 2. The van der Waals surface area contributed by atoms with Gasteiger partial charge in [-0.1, -0.05) is 0 Å². The first-order chi connectivity index (χ1) is 8.29. The smallest absolute Gasteiger partial charge is 0.134 e. The minimum Gasteiger partial charge on any atom is -0.394 e. The van der Waals surface area contributed by atoms with Gasteiger partial charge in [-0.3, -0.25) is 0 Å². The summed E-state index contributed by atoms with van der Waals surface area (Å²) in [5, 5.41) is 14.9. The van der Waals surface area contributed by atoms with Crippen molar-refractivity contribution in [3.63, 3.8) is 0 Å². The van der Waals surface area contributed by atoms with Crippen molar-refractivity contribution in [1.29, 1.82) is 0 Å². The number of aliphatic hydroxyl groups is 1. The molecule has 0 atom stereocenters. The molecule has 0 saturated carbocycles. The van der Waals surface area contributed by atoms with E-state index in [2.05, 4.69) is 20.6 Å². The van der Waals surface area contributed by atoms with Gasteiger partial charge in [0.1, 0.15) is 18.0 Å². The maximum absolute atomic E-state index is 8.55. The fraction of sp³-hybridized carbons (Fsp3) is 0.636. The number of nitrogens with zero attached hydrogens (tertiary/aromatic N) is 2. The lowest BCUT2D eigenvalue weighted by atomic mass is 10.3. The molecule has 1 aromatic heterocycles. The molecule has 0 amide bonds. The molecule has 3 N–H and O–H groups in total. The van der Waals surface area contributed by atoms with E-state index in [-0.39, 0.29) is 6.61 Å². The predicted octanol–water partition coefficient (Wildman–Crippen LogP) is 0.638. The second-order valence-corrected chi connectivity index (χ2v) is 3.49. The molecule has 1 rings (SSSR count). The van der Waals surface area contributed by atoms with Gasteiger partial charge in [-0.15, -0.1) is 0 Å². The highest BCUT2D eigenvalue weighted by molar-refractivity contribution is 5.56. The van der Waals surface area contributed by atoms with Crippen molar-refractivity contribution in [3.05, 3.63) is 11.9 Å². The summed E-state index contributed by atoms with van der Waals surface area (Å²) in [7, 11) is 0. The van der Waals surface area contributed by atoms with E-state index in [1.54, 1.807) is 0 Å². The average Bonchev–Trinajstić information content (AvgIpc) is 2.33. The zero-order valence-electron chi connectivity index (χ0n) is 10.4. The molecular formula is C11H20N4O2. The van der Waals surface area contributed by atoms with Crippen LogP contribution in [0.4, 0.5) is 11.6 Å². The van der Waals surface area contributed by atoms with Crippen molar-refractivity contribution in [1.82, 2.24) is 9.97 Å². The molecule has 17 heavy (non-hydrogen) atoms. The van der Waals surface area contributed by atoms with E-state index in [1.807, 2.05) is 13.8 Å². The number of rotatable bonds is 8. The molecule has 0 fully saturated rings. The Morgan fingerprint density at radius 2 is 1.94 bits per heavy atom. The molecule has 0 aliphatic carbocycles. The molecule has 0 radical (unpaired) electrons. The first-order valence-corrected chi connectivity index (χ1v) is 5.77. The summed E-state index contributed by atoms with van der Waals surface area (Å²) in [6.07, 6.45) is 1.53. The molecule has 0 bridgehead atoms. The van der Waals surface area contributed by atoms with Gasteiger partial charge in [0.2, 0.25) is 0 Å². The van der Waals surface area contributed by atoms with Crippen LogP contribution in [0.3, 0.4) is 0 Å². The molecule has 6 nitrogen and oxygen atoms in total. The third-order valence-corrected chi connectivity index (χ3v) is 2.20. The summed E-state index contributed by atoms with van der Waals surface area (Å²) in [4.78, 5) is 8.33. The second-order valence-electron chi connectivity index (χ2n) is 3.49. The molecule has 0 spiro atoms. The van der Waals surface area contributed by atoms with Crippen molar-refractivity contribution in [2.75, 3.05) is 43.5 Å². The third-order valence-electron chi connectivity index (χ3n) is 2.20. The van der Waals surface area contributed by atoms with Crippen LogP contribution in [0.15, 0.2) is 6.33 Å². The lowest BCUT2D eigenvalue weighted by molar-refractivity contribution is 0.0992. The first-order valence-electron chi connectivity index (χ1n) is 5.77. The van der Waals surface area contributed by atoms with Gasteiger partial charge in [0, 0.05) is 18.7 Å². The monoisotopic (exact) mass is 240 g/mol. The Bertz CT molecular complexity index is 333. The fourth-order valence-electron chi connectivity index (χ4n) is 1.38. The van der Waals surface area contributed by atoms with E-state index in [9.17, 15) is 0 Å². The van der Waals surface area contributed by atoms with Gasteiger partial charge in [-0.2, -0.15) is 0 Å². The minimum atomic E-state index is 0.0527. The summed E-state index contributed by atoms with van der Waals surface area (Å²) in [5.41, 5.74) is 0.997. The molecule has 96 valence electrons. The standard InChI is InChI=1S/C11H20N4O2/c1-3-12-10-9(2)11(15-8-14-10)13-4-6-17-7-5-16/h8,16H,3-7H2,1-2H3,(H2,12,13,14,15). The van der Waals surface area contributed by atoms with Gasteiger partial charge < -0.3 is 20.5 Å². The number of ether oxygens (including phenoxy) is 1. The third kappa shape index (κ3) is 4.54. The molecule has 0 aliphatic rings. The lowest BCUT2D eigenvalue weighted by Gasteiger charge is -2.11. The Balaban J connectivity index is 2.44. The molecule has 6 heteroatoms. The van der Waals surface area contributed by atoms with Crippen molar-refractivity contribution in [3.8, 4) is 0 Å². The van der Waals surface area contributed by atoms with Crippen molar-refractivity contribution < 1.29 is 9.84 Å². The van der Waals surface area contributed by atoms with Crippen LogP contribution in [0.2, 0.25) is 0 Å². The fourth-order valence-corrected chi connectivity index (χ4v) is 1.38. The minimum absolute atomic E-state index is 0.0527. The van der Waals surface area contributed by atoms with E-state index in [0.29, 0.717) is 19.8 Å². The first kappa shape index (κ1) is 13.7. The zero-order valence-corrected chi connectivity index (χ0v) is 10.4. The Hall–Kier alpha value is -1.40. The van der Waals surface area contributed by atoms with E-state index >= 15 is 0 Å². The largest absolute Gasteiger partial charge is 0.394 e. The summed E-state index contributed by atoms with van der Waals surface area (Å²) in [5.74, 6) is 1.66. The maximum Gasteiger partial charge on any atom is 0.134 e. The van der Waals surface area contributed by atoms with Crippen LogP contribution >= 0.6 is 0 Å². The van der Waals surface area contributed by atoms with Crippen molar-refractivity contribution in [2.45, 2.75) is 13.8 Å². The van der Waals surface area contributed by atoms with Gasteiger partial charge in [0.25, 0.3) is 0 Å². The zero-order chi connectivity index (χ0) is 12.5. The quantitative estimate of drug-likeness (QED) is 0.579. The van der Waals surface area contributed by atoms with Crippen LogP contribution in [-0.4, -0.2) is 48.0 Å². The Morgan fingerprint density at radius 1 is 1.24 bits per heavy atom. The molecule has 0 saturated heterocycles. The van der Waals surface area contributed by atoms with Crippen LogP contribution in [0.1, 0.15) is 12.5 Å². The van der Waals surface area contributed by atoms with Gasteiger partial charge in [0.05, 0.1) is 19.8 Å². The summed E-state index contributed by atoms with van der Waals surface area (Å²) >= 11 is 0. The molecule has 1 heterocycles. The normalized spacial score (nSPS) is 10.3. The molecule has 1 aromatic rings. The molecule has 0 aliphatic heterocycles. The van der Waals surface area contributed by atoms with Crippen LogP contribution in [0.5, 0.6) is 0 Å². The summed E-state index contributed by atoms with van der Waals surface area (Å²) in [6.45, 7) is 6.44. The van der Waals surface area contributed by atoms with Gasteiger partial charge in [-0.05, 0) is 13.8 Å². The number of hydrogen-bond acceptors (Lipinski definition) is 6. The highest BCUT2D eigenvalue weighted by atomic mass is 16.5. The number of hydrogen-bond donors (Lipinski definition) is 3.